The second-order valence-electron chi connectivity index (χ2n) is 5.69. The van der Waals surface area contributed by atoms with Crippen molar-refractivity contribution in [3.8, 4) is 0 Å². The zero-order chi connectivity index (χ0) is 11.7. The Morgan fingerprint density at radius 1 is 1.00 bits per heavy atom. The van der Waals surface area contributed by atoms with E-state index in [0.29, 0.717) is 0 Å². The fourth-order valence-electron chi connectivity index (χ4n) is 2.74. The number of nitrogens with zero attached hydrogens (tertiary/aromatic N) is 1. The van der Waals surface area contributed by atoms with Crippen LogP contribution in [-0.4, -0.2) is 18.0 Å². The Labute approximate surface area is 104 Å². The van der Waals surface area contributed by atoms with Gasteiger partial charge in [-0.05, 0) is 49.9 Å². The molecule has 3 rings (SSSR count). The summed E-state index contributed by atoms with van der Waals surface area (Å²) in [5.74, 6) is 0. The van der Waals surface area contributed by atoms with Gasteiger partial charge in [0.15, 0.2) is 0 Å². The first-order valence-corrected chi connectivity index (χ1v) is 6.87. The van der Waals surface area contributed by atoms with E-state index in [0.717, 1.165) is 19.4 Å². The fraction of sp³-hybridized carbons (Fsp3) is 0.600. The summed E-state index contributed by atoms with van der Waals surface area (Å²) in [6.07, 6.45) is 6.44. The smallest absolute Gasteiger partial charge is 0.0411 e. The van der Waals surface area contributed by atoms with Crippen LogP contribution in [0.15, 0.2) is 24.3 Å². The first-order chi connectivity index (χ1) is 8.26. The molecule has 2 aliphatic rings. The van der Waals surface area contributed by atoms with Crippen molar-refractivity contribution < 1.29 is 0 Å². The van der Waals surface area contributed by atoms with Crippen molar-refractivity contribution in [3.05, 3.63) is 35.4 Å². The molecule has 2 N–H and O–H groups in total. The number of rotatable bonds is 3. The molecule has 0 bridgehead atoms. The third kappa shape index (κ3) is 2.53. The summed E-state index contributed by atoms with van der Waals surface area (Å²) in [6.45, 7) is 3.64. The average molecular weight is 230 g/mol. The summed E-state index contributed by atoms with van der Waals surface area (Å²) in [4.78, 5) is 2.56. The van der Waals surface area contributed by atoms with E-state index < -0.39 is 0 Å². The first-order valence-electron chi connectivity index (χ1n) is 6.87. The number of hydrogen-bond acceptors (Lipinski definition) is 2. The van der Waals surface area contributed by atoms with Gasteiger partial charge in [-0.25, -0.2) is 0 Å². The van der Waals surface area contributed by atoms with Gasteiger partial charge in [0.25, 0.3) is 0 Å². The minimum absolute atomic E-state index is 0.0175. The van der Waals surface area contributed by atoms with E-state index in [-0.39, 0.29) is 5.54 Å². The number of nitrogens with two attached hydrogens (primary N) is 1. The van der Waals surface area contributed by atoms with E-state index in [1.54, 1.807) is 0 Å². The van der Waals surface area contributed by atoms with Crippen LogP contribution in [0.5, 0.6) is 0 Å². The fourth-order valence-corrected chi connectivity index (χ4v) is 2.74. The molecular formula is C15H22N2. The van der Waals surface area contributed by atoms with Gasteiger partial charge < -0.3 is 5.73 Å². The lowest BCUT2D eigenvalue weighted by Crippen LogP contribution is -2.29. The normalized spacial score (nSPS) is 23.6. The predicted octanol–water partition coefficient (Wildman–Crippen LogP) is 2.62. The summed E-state index contributed by atoms with van der Waals surface area (Å²) in [5.41, 5.74) is 8.96. The van der Waals surface area contributed by atoms with Crippen LogP contribution in [-0.2, 0) is 12.1 Å². The van der Waals surface area contributed by atoms with Gasteiger partial charge >= 0.3 is 0 Å². The SMILES string of the molecule is NC1(c2ccc(CN3CCCCC3)cc2)CC1. The second kappa shape index (κ2) is 4.43. The van der Waals surface area contributed by atoms with Crippen molar-refractivity contribution in [1.82, 2.24) is 4.90 Å². The maximum atomic E-state index is 6.19. The zero-order valence-electron chi connectivity index (χ0n) is 10.5. The highest BCUT2D eigenvalue weighted by atomic mass is 15.1. The predicted molar refractivity (Wildman–Crippen MR) is 70.7 cm³/mol. The maximum absolute atomic E-state index is 6.19. The van der Waals surface area contributed by atoms with Gasteiger partial charge in [-0.3, -0.25) is 4.90 Å². The Bertz CT molecular complexity index is 372. The Balaban J connectivity index is 1.63. The lowest BCUT2D eigenvalue weighted by Gasteiger charge is -2.26. The number of piperidine rings is 1. The lowest BCUT2D eigenvalue weighted by molar-refractivity contribution is 0.221. The van der Waals surface area contributed by atoms with Gasteiger partial charge in [0.05, 0.1) is 0 Å². The number of benzene rings is 1. The van der Waals surface area contributed by atoms with Crippen molar-refractivity contribution in [3.63, 3.8) is 0 Å². The summed E-state index contributed by atoms with van der Waals surface area (Å²) in [5, 5.41) is 0. The van der Waals surface area contributed by atoms with E-state index in [4.69, 9.17) is 5.73 Å². The number of hydrogen-bond donors (Lipinski definition) is 1. The average Bonchev–Trinajstić information content (AvgIpc) is 3.11. The van der Waals surface area contributed by atoms with Crippen LogP contribution in [0.1, 0.15) is 43.2 Å². The molecule has 2 nitrogen and oxygen atoms in total. The molecule has 0 unspecified atom stereocenters. The molecular weight excluding hydrogens is 208 g/mol. The molecule has 17 heavy (non-hydrogen) atoms. The van der Waals surface area contributed by atoms with Gasteiger partial charge in [-0.15, -0.1) is 0 Å². The molecule has 0 amide bonds. The third-order valence-corrected chi connectivity index (χ3v) is 4.17. The third-order valence-electron chi connectivity index (χ3n) is 4.17. The highest BCUT2D eigenvalue weighted by Crippen LogP contribution is 2.42. The molecule has 2 fully saturated rings. The molecule has 0 aromatic heterocycles. The van der Waals surface area contributed by atoms with Crippen molar-refractivity contribution in [2.45, 2.75) is 44.2 Å². The van der Waals surface area contributed by atoms with E-state index in [9.17, 15) is 0 Å². The Morgan fingerprint density at radius 3 is 2.24 bits per heavy atom. The summed E-state index contributed by atoms with van der Waals surface area (Å²) < 4.78 is 0. The van der Waals surface area contributed by atoms with Gasteiger partial charge in [-0.1, -0.05) is 30.7 Å². The molecule has 0 radical (unpaired) electrons. The molecule has 2 heteroatoms. The monoisotopic (exact) mass is 230 g/mol. The van der Waals surface area contributed by atoms with Crippen LogP contribution in [0.3, 0.4) is 0 Å². The van der Waals surface area contributed by atoms with Crippen LogP contribution in [0.25, 0.3) is 0 Å². The molecule has 0 atom stereocenters. The molecule has 1 aliphatic heterocycles. The van der Waals surface area contributed by atoms with Crippen molar-refractivity contribution in [1.29, 1.82) is 0 Å². The Kier molecular flexibility index (Phi) is 2.93. The van der Waals surface area contributed by atoms with Crippen molar-refractivity contribution in [2.75, 3.05) is 13.1 Å². The summed E-state index contributed by atoms with van der Waals surface area (Å²) >= 11 is 0. The molecule has 1 aliphatic carbocycles. The minimum Gasteiger partial charge on any atom is -0.321 e. The zero-order valence-corrected chi connectivity index (χ0v) is 10.5. The first kappa shape index (κ1) is 11.2. The second-order valence-corrected chi connectivity index (χ2v) is 5.69. The van der Waals surface area contributed by atoms with Gasteiger partial charge in [0.2, 0.25) is 0 Å². The highest BCUT2D eigenvalue weighted by Gasteiger charge is 2.39. The van der Waals surface area contributed by atoms with Crippen molar-refractivity contribution in [2.24, 2.45) is 5.73 Å². The van der Waals surface area contributed by atoms with E-state index in [1.165, 1.54) is 43.5 Å². The molecule has 0 spiro atoms. The molecule has 1 saturated heterocycles. The lowest BCUT2D eigenvalue weighted by atomic mass is 10.0. The largest absolute Gasteiger partial charge is 0.321 e. The quantitative estimate of drug-likeness (QED) is 0.865. The van der Waals surface area contributed by atoms with E-state index >= 15 is 0 Å². The van der Waals surface area contributed by atoms with E-state index in [2.05, 4.69) is 29.2 Å². The van der Waals surface area contributed by atoms with Crippen LogP contribution >= 0.6 is 0 Å². The standard InChI is InChI=1S/C15H22N2/c16-15(8-9-15)14-6-4-13(5-7-14)12-17-10-2-1-3-11-17/h4-7H,1-3,8-12,16H2. The Morgan fingerprint density at radius 2 is 1.65 bits per heavy atom. The molecule has 1 saturated carbocycles. The van der Waals surface area contributed by atoms with Crippen LogP contribution in [0.4, 0.5) is 0 Å². The summed E-state index contributed by atoms with van der Waals surface area (Å²) in [7, 11) is 0. The Hall–Kier alpha value is -0.860. The van der Waals surface area contributed by atoms with Crippen LogP contribution < -0.4 is 5.73 Å². The van der Waals surface area contributed by atoms with E-state index in [1.807, 2.05) is 0 Å². The van der Waals surface area contributed by atoms with Gasteiger partial charge in [0.1, 0.15) is 0 Å². The van der Waals surface area contributed by atoms with Gasteiger partial charge in [-0.2, -0.15) is 0 Å². The molecule has 1 aromatic carbocycles. The highest BCUT2D eigenvalue weighted by molar-refractivity contribution is 5.32. The van der Waals surface area contributed by atoms with Crippen LogP contribution in [0, 0.1) is 0 Å². The maximum Gasteiger partial charge on any atom is 0.0411 e. The molecule has 92 valence electrons. The molecule has 1 aromatic rings. The van der Waals surface area contributed by atoms with Gasteiger partial charge in [0, 0.05) is 12.1 Å². The minimum atomic E-state index is 0.0175. The van der Waals surface area contributed by atoms with Crippen molar-refractivity contribution >= 4 is 0 Å². The topological polar surface area (TPSA) is 29.3 Å². The van der Waals surface area contributed by atoms with Crippen LogP contribution in [0.2, 0.25) is 0 Å². The number of likely N-dealkylation sites (tertiary alicyclic amines) is 1. The summed E-state index contributed by atoms with van der Waals surface area (Å²) in [6, 6.07) is 8.98. The molecule has 1 heterocycles.